The molecule has 2 atom stereocenters. The molecule has 2 saturated carbocycles. The van der Waals surface area contributed by atoms with Crippen LogP contribution in [0.4, 0.5) is 5.69 Å². The number of anilines is 1. The molecule has 2 aromatic carbocycles. The van der Waals surface area contributed by atoms with Crippen molar-refractivity contribution < 1.29 is 4.79 Å². The van der Waals surface area contributed by atoms with Crippen molar-refractivity contribution in [2.45, 2.75) is 37.8 Å². The molecular weight excluding hydrogens is 398 g/mol. The van der Waals surface area contributed by atoms with E-state index in [0.717, 1.165) is 17.2 Å². The highest BCUT2D eigenvalue weighted by Crippen LogP contribution is 2.41. The van der Waals surface area contributed by atoms with Crippen LogP contribution in [0.1, 0.15) is 46.7 Å². The number of carbonyl (C=O) groups excluding carboxylic acids is 1. The zero-order chi connectivity index (χ0) is 19.6. The highest BCUT2D eigenvalue weighted by Gasteiger charge is 2.38. The molecule has 2 aliphatic carbocycles. The maximum absolute atomic E-state index is 12.7. The molecule has 0 spiro atoms. The number of carbonyl (C=O) groups is 1. The Morgan fingerprint density at radius 2 is 1.97 bits per heavy atom. The third-order valence-corrected chi connectivity index (χ3v) is 5.75. The second kappa shape index (κ2) is 8.98. The number of aromatic nitrogens is 3. The molecule has 1 aromatic heterocycles. The monoisotopic (exact) mass is 423 g/mol. The van der Waals surface area contributed by atoms with Gasteiger partial charge in [0.05, 0.1) is 6.54 Å². The molecule has 0 saturated heterocycles. The van der Waals surface area contributed by atoms with Crippen molar-refractivity contribution in [3.63, 3.8) is 0 Å². The third kappa shape index (κ3) is 5.07. The summed E-state index contributed by atoms with van der Waals surface area (Å²) < 4.78 is 1.74. The predicted octanol–water partition coefficient (Wildman–Crippen LogP) is 3.86. The van der Waals surface area contributed by atoms with Crippen molar-refractivity contribution in [2.75, 3.05) is 11.9 Å². The van der Waals surface area contributed by atoms with Crippen molar-refractivity contribution in [3.05, 3.63) is 77.9 Å². The van der Waals surface area contributed by atoms with Gasteiger partial charge in [-0.05, 0) is 67.1 Å². The van der Waals surface area contributed by atoms with Gasteiger partial charge in [0.25, 0.3) is 5.91 Å². The van der Waals surface area contributed by atoms with Gasteiger partial charge in [0.15, 0.2) is 0 Å². The number of rotatable bonds is 8. The van der Waals surface area contributed by atoms with Crippen molar-refractivity contribution in [1.29, 1.82) is 0 Å². The van der Waals surface area contributed by atoms with Crippen LogP contribution >= 0.6 is 12.4 Å². The highest BCUT2D eigenvalue weighted by atomic mass is 35.5. The molecule has 0 aliphatic heterocycles. The fourth-order valence-corrected chi connectivity index (χ4v) is 3.76. The van der Waals surface area contributed by atoms with E-state index in [9.17, 15) is 4.79 Å². The average molecular weight is 424 g/mol. The van der Waals surface area contributed by atoms with E-state index < -0.39 is 0 Å². The SMILES string of the molecule is Cl.O=C(Nc1ccc([C@@H]2C[C@H]2NCC2CC2)cc1)c1cccc(Cn2cncn2)c1. The summed E-state index contributed by atoms with van der Waals surface area (Å²) in [6.07, 6.45) is 7.18. The number of nitrogens with one attached hydrogen (secondary N) is 2. The van der Waals surface area contributed by atoms with Crippen LogP contribution in [0.25, 0.3) is 0 Å². The molecule has 0 unspecified atom stereocenters. The van der Waals surface area contributed by atoms with Crippen LogP contribution < -0.4 is 10.6 Å². The number of amides is 1. The topological polar surface area (TPSA) is 71.8 Å². The largest absolute Gasteiger partial charge is 0.322 e. The molecule has 2 fully saturated rings. The second-order valence-electron chi connectivity index (χ2n) is 8.17. The summed E-state index contributed by atoms with van der Waals surface area (Å²) in [6, 6.07) is 16.5. The van der Waals surface area contributed by atoms with E-state index in [1.807, 2.05) is 36.4 Å². The van der Waals surface area contributed by atoms with E-state index in [1.54, 1.807) is 11.0 Å². The molecule has 30 heavy (non-hydrogen) atoms. The van der Waals surface area contributed by atoms with Crippen LogP contribution in [0, 0.1) is 5.92 Å². The van der Waals surface area contributed by atoms with Crippen LogP contribution in [-0.4, -0.2) is 33.3 Å². The fourth-order valence-electron chi connectivity index (χ4n) is 3.76. The summed E-state index contributed by atoms with van der Waals surface area (Å²) in [5.74, 6) is 1.43. The van der Waals surface area contributed by atoms with Crippen molar-refractivity contribution in [2.24, 2.45) is 5.92 Å². The summed E-state index contributed by atoms with van der Waals surface area (Å²) >= 11 is 0. The minimum Gasteiger partial charge on any atom is -0.322 e. The molecule has 1 amide bonds. The molecular formula is C23H26ClN5O. The molecule has 0 radical (unpaired) electrons. The smallest absolute Gasteiger partial charge is 0.255 e. The normalized spacial score (nSPS) is 19.7. The van der Waals surface area contributed by atoms with Gasteiger partial charge >= 0.3 is 0 Å². The van der Waals surface area contributed by atoms with E-state index >= 15 is 0 Å². The van der Waals surface area contributed by atoms with E-state index in [0.29, 0.717) is 24.1 Å². The average Bonchev–Trinajstić information content (AvgIpc) is 3.66. The first-order valence-corrected chi connectivity index (χ1v) is 10.3. The van der Waals surface area contributed by atoms with Crippen LogP contribution in [0.3, 0.4) is 0 Å². The lowest BCUT2D eigenvalue weighted by atomic mass is 10.1. The van der Waals surface area contributed by atoms with Crippen molar-refractivity contribution >= 4 is 24.0 Å². The molecule has 6 nitrogen and oxygen atoms in total. The van der Waals surface area contributed by atoms with Gasteiger partial charge in [-0.2, -0.15) is 5.10 Å². The zero-order valence-corrected chi connectivity index (χ0v) is 17.5. The van der Waals surface area contributed by atoms with E-state index in [1.165, 1.54) is 37.7 Å². The molecule has 2 aliphatic rings. The fraction of sp³-hybridized carbons (Fsp3) is 0.348. The molecule has 2 N–H and O–H groups in total. The Hall–Kier alpha value is -2.70. The van der Waals surface area contributed by atoms with Crippen molar-refractivity contribution in [1.82, 2.24) is 20.1 Å². The Balaban J connectivity index is 0.00000218. The first-order valence-electron chi connectivity index (χ1n) is 10.3. The maximum atomic E-state index is 12.7. The van der Waals surface area contributed by atoms with Crippen LogP contribution in [-0.2, 0) is 6.54 Å². The van der Waals surface area contributed by atoms with E-state index in [-0.39, 0.29) is 18.3 Å². The second-order valence-corrected chi connectivity index (χ2v) is 8.17. The number of hydrogen-bond acceptors (Lipinski definition) is 4. The predicted molar refractivity (Wildman–Crippen MR) is 119 cm³/mol. The van der Waals surface area contributed by atoms with Gasteiger partial charge in [-0.25, -0.2) is 9.67 Å². The minimum atomic E-state index is -0.103. The Bertz CT molecular complexity index is 985. The van der Waals surface area contributed by atoms with E-state index in [4.69, 9.17) is 0 Å². The third-order valence-electron chi connectivity index (χ3n) is 5.75. The summed E-state index contributed by atoms with van der Waals surface area (Å²) in [5.41, 5.74) is 3.82. The molecule has 0 bridgehead atoms. The lowest BCUT2D eigenvalue weighted by Gasteiger charge is -2.09. The highest BCUT2D eigenvalue weighted by molar-refractivity contribution is 6.04. The van der Waals surface area contributed by atoms with Gasteiger partial charge in [0, 0.05) is 23.2 Å². The first kappa shape index (κ1) is 20.6. The molecule has 1 heterocycles. The molecule has 156 valence electrons. The Morgan fingerprint density at radius 3 is 2.70 bits per heavy atom. The van der Waals surface area contributed by atoms with Gasteiger partial charge < -0.3 is 10.6 Å². The zero-order valence-electron chi connectivity index (χ0n) is 16.7. The standard InChI is InChI=1S/C23H25N5O.ClH/c29-23(19-3-1-2-17(10-19)13-28-15-24-14-26-28)27-20-8-6-18(7-9-20)21-11-22(21)25-12-16-4-5-16;/h1-3,6-10,14-16,21-22,25H,4-5,11-13H2,(H,27,29);1H/t21-,22+;/m0./s1. The Morgan fingerprint density at radius 1 is 1.13 bits per heavy atom. The van der Waals surface area contributed by atoms with Gasteiger partial charge in [-0.3, -0.25) is 4.79 Å². The lowest BCUT2D eigenvalue weighted by molar-refractivity contribution is 0.102. The Kier molecular flexibility index (Phi) is 6.16. The molecule has 7 heteroatoms. The molecule has 3 aromatic rings. The quantitative estimate of drug-likeness (QED) is 0.577. The van der Waals surface area contributed by atoms with Crippen LogP contribution in [0.2, 0.25) is 0 Å². The van der Waals surface area contributed by atoms with E-state index in [2.05, 4.69) is 32.8 Å². The lowest BCUT2D eigenvalue weighted by Crippen LogP contribution is -2.20. The minimum absolute atomic E-state index is 0. The number of benzene rings is 2. The maximum Gasteiger partial charge on any atom is 0.255 e. The summed E-state index contributed by atoms with van der Waals surface area (Å²) in [5, 5.41) is 10.8. The summed E-state index contributed by atoms with van der Waals surface area (Å²) in [7, 11) is 0. The van der Waals surface area contributed by atoms with Gasteiger partial charge in [-0.15, -0.1) is 12.4 Å². The number of hydrogen-bond donors (Lipinski definition) is 2. The molecule has 5 rings (SSSR count). The van der Waals surface area contributed by atoms with Gasteiger partial charge in [0.1, 0.15) is 12.7 Å². The number of nitrogens with zero attached hydrogens (tertiary/aromatic N) is 3. The summed E-state index contributed by atoms with van der Waals surface area (Å²) in [4.78, 5) is 16.6. The van der Waals surface area contributed by atoms with Gasteiger partial charge in [-0.1, -0.05) is 24.3 Å². The summed E-state index contributed by atoms with van der Waals surface area (Å²) in [6.45, 7) is 1.76. The van der Waals surface area contributed by atoms with Gasteiger partial charge in [0.2, 0.25) is 0 Å². The van der Waals surface area contributed by atoms with Crippen molar-refractivity contribution in [3.8, 4) is 0 Å². The number of halogens is 1. The van der Waals surface area contributed by atoms with Crippen LogP contribution in [0.5, 0.6) is 0 Å². The van der Waals surface area contributed by atoms with Crippen LogP contribution in [0.15, 0.2) is 61.2 Å². The first-order chi connectivity index (χ1) is 14.2. The Labute approximate surface area is 182 Å².